The van der Waals surface area contributed by atoms with E-state index < -0.39 is 10.0 Å². The molecule has 1 aromatic heterocycles. The summed E-state index contributed by atoms with van der Waals surface area (Å²) in [5, 5.41) is 7.54. The van der Waals surface area contributed by atoms with Crippen molar-refractivity contribution in [1.82, 2.24) is 10.2 Å². The van der Waals surface area contributed by atoms with E-state index in [1.54, 1.807) is 13.0 Å². The molecule has 0 amide bonds. The predicted octanol–water partition coefficient (Wildman–Crippen LogP) is 0.834. The molecule has 0 aliphatic heterocycles. The summed E-state index contributed by atoms with van der Waals surface area (Å²) in [7, 11) is -1.89. The molecule has 5 nitrogen and oxygen atoms in total. The number of anilines is 1. The first-order chi connectivity index (χ1) is 6.32. The van der Waals surface area contributed by atoms with Crippen LogP contribution in [-0.2, 0) is 10.0 Å². The van der Waals surface area contributed by atoms with Crippen LogP contribution in [0.3, 0.4) is 0 Å². The van der Waals surface area contributed by atoms with E-state index in [1.807, 2.05) is 0 Å². The lowest BCUT2D eigenvalue weighted by molar-refractivity contribution is 0.599. The van der Waals surface area contributed by atoms with Gasteiger partial charge in [0.25, 0.3) is 0 Å². The standard InChI is InChI=1S/C7H10ClN3O2S/c1-5-4-6(8)9-10-7(5)11(2)14(3,12)13/h4H,1-3H3. The van der Waals surface area contributed by atoms with Crippen LogP contribution < -0.4 is 4.31 Å². The molecule has 0 atom stereocenters. The minimum absolute atomic E-state index is 0.244. The molecule has 0 saturated heterocycles. The van der Waals surface area contributed by atoms with Crippen LogP contribution in [0.4, 0.5) is 5.82 Å². The van der Waals surface area contributed by atoms with E-state index in [9.17, 15) is 8.42 Å². The molecular formula is C7H10ClN3O2S. The van der Waals surface area contributed by atoms with Crippen LogP contribution in [0.2, 0.25) is 5.15 Å². The maximum absolute atomic E-state index is 11.2. The molecule has 1 heterocycles. The Labute approximate surface area is 87.8 Å². The second-order valence-corrected chi connectivity index (χ2v) is 5.31. The number of aromatic nitrogens is 2. The van der Waals surface area contributed by atoms with Gasteiger partial charge in [-0.25, -0.2) is 8.42 Å². The van der Waals surface area contributed by atoms with Gasteiger partial charge in [0.05, 0.1) is 6.26 Å². The number of hydrogen-bond acceptors (Lipinski definition) is 4. The highest BCUT2D eigenvalue weighted by atomic mass is 35.5. The molecule has 0 aromatic carbocycles. The molecule has 1 rings (SSSR count). The molecule has 0 fully saturated rings. The summed E-state index contributed by atoms with van der Waals surface area (Å²) >= 11 is 5.59. The van der Waals surface area contributed by atoms with E-state index in [0.29, 0.717) is 5.56 Å². The van der Waals surface area contributed by atoms with Crippen molar-refractivity contribution in [3.05, 3.63) is 16.8 Å². The summed E-state index contributed by atoms with van der Waals surface area (Å²) in [5.74, 6) is 0.289. The molecule has 0 saturated carbocycles. The quantitative estimate of drug-likeness (QED) is 0.762. The fourth-order valence-electron chi connectivity index (χ4n) is 0.914. The highest BCUT2D eigenvalue weighted by Gasteiger charge is 2.16. The first kappa shape index (κ1) is 11.2. The second-order valence-electron chi connectivity index (χ2n) is 2.90. The second kappa shape index (κ2) is 3.70. The molecule has 0 radical (unpaired) electrons. The first-order valence-corrected chi connectivity index (χ1v) is 5.98. The van der Waals surface area contributed by atoms with Gasteiger partial charge in [0, 0.05) is 7.05 Å². The van der Waals surface area contributed by atoms with Gasteiger partial charge >= 0.3 is 0 Å². The van der Waals surface area contributed by atoms with Crippen molar-refractivity contribution < 1.29 is 8.42 Å². The number of hydrogen-bond donors (Lipinski definition) is 0. The Hall–Kier alpha value is -0.880. The van der Waals surface area contributed by atoms with Crippen molar-refractivity contribution in [2.24, 2.45) is 0 Å². The van der Waals surface area contributed by atoms with Gasteiger partial charge < -0.3 is 0 Å². The Bertz CT molecular complexity index is 446. The van der Waals surface area contributed by atoms with E-state index in [0.717, 1.165) is 10.6 Å². The van der Waals surface area contributed by atoms with Gasteiger partial charge in [-0.3, -0.25) is 4.31 Å². The maximum atomic E-state index is 11.2. The van der Waals surface area contributed by atoms with Crippen LogP contribution >= 0.6 is 11.6 Å². The van der Waals surface area contributed by atoms with Crippen molar-refractivity contribution in [1.29, 1.82) is 0 Å². The van der Waals surface area contributed by atoms with Crippen molar-refractivity contribution in [2.75, 3.05) is 17.6 Å². The zero-order valence-corrected chi connectivity index (χ0v) is 9.59. The van der Waals surface area contributed by atoms with Crippen molar-refractivity contribution in [2.45, 2.75) is 6.92 Å². The molecule has 14 heavy (non-hydrogen) atoms. The fourth-order valence-corrected chi connectivity index (χ4v) is 1.61. The Kier molecular flexibility index (Phi) is 2.96. The van der Waals surface area contributed by atoms with E-state index >= 15 is 0 Å². The molecule has 0 N–H and O–H groups in total. The molecule has 78 valence electrons. The van der Waals surface area contributed by atoms with Gasteiger partial charge in [-0.05, 0) is 18.6 Å². The lowest BCUT2D eigenvalue weighted by atomic mass is 10.3. The van der Waals surface area contributed by atoms with Crippen LogP contribution in [-0.4, -0.2) is 31.9 Å². The number of aryl methyl sites for hydroxylation is 1. The fraction of sp³-hybridized carbons (Fsp3) is 0.429. The summed E-state index contributed by atoms with van der Waals surface area (Å²) in [6.45, 7) is 1.72. The zero-order chi connectivity index (χ0) is 10.9. The van der Waals surface area contributed by atoms with E-state index in [-0.39, 0.29) is 11.0 Å². The molecule has 1 aromatic rings. The largest absolute Gasteiger partial charge is 0.255 e. The SMILES string of the molecule is Cc1cc(Cl)nnc1N(C)S(C)(=O)=O. The van der Waals surface area contributed by atoms with Crippen molar-refractivity contribution in [3.8, 4) is 0 Å². The Morgan fingerprint density at radius 3 is 2.43 bits per heavy atom. The molecule has 0 bridgehead atoms. The average Bonchev–Trinajstić information content (AvgIpc) is 2.01. The summed E-state index contributed by atoms with van der Waals surface area (Å²) in [5.41, 5.74) is 0.665. The van der Waals surface area contributed by atoms with E-state index in [4.69, 9.17) is 11.6 Å². The highest BCUT2D eigenvalue weighted by Crippen LogP contribution is 2.18. The number of nitrogens with zero attached hydrogens (tertiary/aromatic N) is 3. The topological polar surface area (TPSA) is 63.2 Å². The first-order valence-electron chi connectivity index (χ1n) is 3.76. The van der Waals surface area contributed by atoms with Gasteiger partial charge in [-0.1, -0.05) is 11.6 Å². The van der Waals surface area contributed by atoms with Gasteiger partial charge in [-0.15, -0.1) is 10.2 Å². The summed E-state index contributed by atoms with van der Waals surface area (Å²) in [4.78, 5) is 0. The van der Waals surface area contributed by atoms with Crippen molar-refractivity contribution >= 4 is 27.4 Å². The van der Waals surface area contributed by atoms with Crippen LogP contribution in [0.1, 0.15) is 5.56 Å². The van der Waals surface area contributed by atoms with Crippen LogP contribution in [0, 0.1) is 6.92 Å². The summed E-state index contributed by atoms with van der Waals surface area (Å²) in [6.07, 6.45) is 1.10. The summed E-state index contributed by atoms with van der Waals surface area (Å²) in [6, 6.07) is 1.56. The molecule has 0 aliphatic carbocycles. The molecule has 0 unspecified atom stereocenters. The van der Waals surface area contributed by atoms with E-state index in [1.165, 1.54) is 7.05 Å². The Balaban J connectivity index is 3.21. The maximum Gasteiger partial charge on any atom is 0.233 e. The number of sulfonamides is 1. The van der Waals surface area contributed by atoms with Crippen LogP contribution in [0.5, 0.6) is 0 Å². The molecule has 0 aliphatic rings. The Morgan fingerprint density at radius 2 is 2.00 bits per heavy atom. The lowest BCUT2D eigenvalue weighted by Crippen LogP contribution is -2.26. The smallest absolute Gasteiger partial charge is 0.233 e. The lowest BCUT2D eigenvalue weighted by Gasteiger charge is -2.16. The van der Waals surface area contributed by atoms with Gasteiger partial charge in [0.15, 0.2) is 11.0 Å². The molecular weight excluding hydrogens is 226 g/mol. The van der Waals surface area contributed by atoms with Gasteiger partial charge in [0.2, 0.25) is 10.0 Å². The van der Waals surface area contributed by atoms with Crippen molar-refractivity contribution in [3.63, 3.8) is 0 Å². The van der Waals surface area contributed by atoms with Gasteiger partial charge in [-0.2, -0.15) is 0 Å². The zero-order valence-electron chi connectivity index (χ0n) is 8.02. The average molecular weight is 236 g/mol. The van der Waals surface area contributed by atoms with E-state index in [2.05, 4.69) is 10.2 Å². The predicted molar refractivity (Wildman–Crippen MR) is 55.0 cm³/mol. The normalized spacial score (nSPS) is 11.4. The minimum Gasteiger partial charge on any atom is -0.255 e. The number of halogens is 1. The third-order valence-electron chi connectivity index (χ3n) is 1.72. The molecule has 0 spiro atoms. The highest BCUT2D eigenvalue weighted by molar-refractivity contribution is 7.92. The monoisotopic (exact) mass is 235 g/mol. The third kappa shape index (κ3) is 2.33. The third-order valence-corrected chi connectivity index (χ3v) is 3.08. The Morgan fingerprint density at radius 1 is 1.43 bits per heavy atom. The van der Waals surface area contributed by atoms with Crippen LogP contribution in [0.25, 0.3) is 0 Å². The van der Waals surface area contributed by atoms with Gasteiger partial charge in [0.1, 0.15) is 0 Å². The minimum atomic E-state index is -3.30. The summed E-state index contributed by atoms with van der Waals surface area (Å²) < 4.78 is 23.4. The van der Waals surface area contributed by atoms with Crippen LogP contribution in [0.15, 0.2) is 6.07 Å². The number of rotatable bonds is 2. The molecule has 7 heteroatoms.